The summed E-state index contributed by atoms with van der Waals surface area (Å²) in [6.07, 6.45) is 3.57. The van der Waals surface area contributed by atoms with Crippen LogP contribution in [-0.2, 0) is 19.1 Å². The van der Waals surface area contributed by atoms with Crippen molar-refractivity contribution >= 4 is 35.2 Å². The van der Waals surface area contributed by atoms with E-state index < -0.39 is 46.6 Å². The van der Waals surface area contributed by atoms with Gasteiger partial charge in [0.1, 0.15) is 6.04 Å². The van der Waals surface area contributed by atoms with Crippen molar-refractivity contribution in [3.63, 3.8) is 0 Å². The van der Waals surface area contributed by atoms with Crippen molar-refractivity contribution in [3.8, 4) is 0 Å². The number of esters is 1. The summed E-state index contributed by atoms with van der Waals surface area (Å²) in [5, 5.41) is 11.2. The number of amides is 2. The second-order valence-corrected chi connectivity index (χ2v) is 7.65. The smallest absolute Gasteiger partial charge is 0.329 e. The Kier molecular flexibility index (Phi) is 4.14. The lowest BCUT2D eigenvalue weighted by atomic mass is 9.84. The monoisotopic (exact) mass is 419 g/mol. The van der Waals surface area contributed by atoms with E-state index in [0.29, 0.717) is 0 Å². The zero-order valence-electron chi connectivity index (χ0n) is 16.4. The van der Waals surface area contributed by atoms with Gasteiger partial charge >= 0.3 is 5.97 Å². The topological polar surface area (TPSA) is 110 Å². The van der Waals surface area contributed by atoms with Crippen molar-refractivity contribution in [1.29, 1.82) is 0 Å². The number of carbonyl (C=O) groups is 3. The molecule has 2 fully saturated rings. The third-order valence-electron chi connectivity index (χ3n) is 6.20. The van der Waals surface area contributed by atoms with E-state index in [2.05, 4.69) is 0 Å². The molecule has 3 aliphatic rings. The van der Waals surface area contributed by atoms with Crippen LogP contribution in [0.4, 0.5) is 11.4 Å². The molecule has 3 aliphatic heterocycles. The number of hydrogen-bond donors (Lipinski definition) is 0. The van der Waals surface area contributed by atoms with Gasteiger partial charge in [-0.15, -0.1) is 0 Å². The fourth-order valence-corrected chi connectivity index (χ4v) is 4.95. The van der Waals surface area contributed by atoms with Crippen LogP contribution in [0.3, 0.4) is 0 Å². The van der Waals surface area contributed by atoms with Crippen molar-refractivity contribution in [2.45, 2.75) is 12.1 Å². The highest BCUT2D eigenvalue weighted by molar-refractivity contribution is 6.24. The second kappa shape index (κ2) is 6.76. The number of non-ortho nitro benzene ring substituents is 1. The van der Waals surface area contributed by atoms with Gasteiger partial charge in [-0.05, 0) is 23.3 Å². The summed E-state index contributed by atoms with van der Waals surface area (Å²) < 4.78 is 4.97. The maximum absolute atomic E-state index is 13.5. The Morgan fingerprint density at radius 2 is 1.81 bits per heavy atom. The van der Waals surface area contributed by atoms with Gasteiger partial charge in [-0.25, -0.2) is 9.69 Å². The summed E-state index contributed by atoms with van der Waals surface area (Å²) in [6.45, 7) is 0. The van der Waals surface area contributed by atoms with Crippen LogP contribution < -0.4 is 4.90 Å². The number of nitro benzene ring substituents is 1. The number of methoxy groups -OCH3 is 1. The van der Waals surface area contributed by atoms with E-state index in [4.69, 9.17) is 4.74 Å². The molecule has 2 aromatic rings. The van der Waals surface area contributed by atoms with Crippen LogP contribution in [0.2, 0.25) is 0 Å². The Morgan fingerprint density at radius 3 is 2.55 bits per heavy atom. The number of nitrogens with zero attached hydrogens (tertiary/aromatic N) is 3. The van der Waals surface area contributed by atoms with Gasteiger partial charge in [0.15, 0.2) is 0 Å². The molecule has 2 amide bonds. The van der Waals surface area contributed by atoms with Gasteiger partial charge in [-0.1, -0.05) is 30.3 Å². The molecule has 0 bridgehead atoms. The van der Waals surface area contributed by atoms with Gasteiger partial charge in [-0.3, -0.25) is 19.7 Å². The molecule has 156 valence electrons. The van der Waals surface area contributed by atoms with E-state index in [9.17, 15) is 24.5 Å². The third kappa shape index (κ3) is 2.59. The minimum Gasteiger partial charge on any atom is -0.467 e. The van der Waals surface area contributed by atoms with Crippen LogP contribution in [0, 0.1) is 22.0 Å². The summed E-state index contributed by atoms with van der Waals surface area (Å²) >= 11 is 0. The summed E-state index contributed by atoms with van der Waals surface area (Å²) in [7, 11) is 1.24. The molecule has 5 rings (SSSR count). The number of hydrogen-bond acceptors (Lipinski definition) is 7. The Bertz CT molecular complexity index is 1180. The Labute approximate surface area is 176 Å². The molecule has 4 unspecified atom stereocenters. The SMILES string of the molecule is COC(=O)C1C2C(=O)N(c3cccc([N+](=O)[O-])c3)C(=O)C2C2c3ccccc3C=CN12. The van der Waals surface area contributed by atoms with E-state index in [1.807, 2.05) is 30.3 Å². The Hall–Kier alpha value is -4.01. The predicted molar refractivity (Wildman–Crippen MR) is 108 cm³/mol. The standard InChI is InChI=1S/C22H17N3O6/c1-31-22(28)19-17-16(18-15-8-3-2-5-12(15)9-10-23(18)19)20(26)24(21(17)27)13-6-4-7-14(11-13)25(29)30/h2-11,16-19H,1H3. The maximum Gasteiger partial charge on any atom is 0.329 e. The van der Waals surface area contributed by atoms with Crippen molar-refractivity contribution in [1.82, 2.24) is 4.90 Å². The minimum atomic E-state index is -0.968. The first-order chi connectivity index (χ1) is 14.9. The quantitative estimate of drug-likeness (QED) is 0.325. The first-order valence-electron chi connectivity index (χ1n) is 9.68. The van der Waals surface area contributed by atoms with Gasteiger partial charge in [0.25, 0.3) is 5.69 Å². The molecule has 31 heavy (non-hydrogen) atoms. The zero-order chi connectivity index (χ0) is 21.9. The lowest BCUT2D eigenvalue weighted by Crippen LogP contribution is -2.44. The largest absolute Gasteiger partial charge is 0.467 e. The Balaban J connectivity index is 1.64. The highest BCUT2D eigenvalue weighted by atomic mass is 16.6. The van der Waals surface area contributed by atoms with Crippen LogP contribution in [-0.4, -0.2) is 40.8 Å². The number of anilines is 1. The molecule has 9 nitrogen and oxygen atoms in total. The fraction of sp³-hybridized carbons (Fsp3) is 0.227. The van der Waals surface area contributed by atoms with Crippen molar-refractivity contribution in [3.05, 3.63) is 76.0 Å². The Morgan fingerprint density at radius 1 is 1.06 bits per heavy atom. The number of benzene rings is 2. The minimum absolute atomic E-state index is 0.119. The van der Waals surface area contributed by atoms with Crippen molar-refractivity contribution < 1.29 is 24.0 Å². The molecular formula is C22H17N3O6. The van der Waals surface area contributed by atoms with Gasteiger partial charge in [0, 0.05) is 18.3 Å². The zero-order valence-corrected chi connectivity index (χ0v) is 16.4. The van der Waals surface area contributed by atoms with Crippen LogP contribution in [0.15, 0.2) is 54.7 Å². The third-order valence-corrected chi connectivity index (χ3v) is 6.20. The van der Waals surface area contributed by atoms with Gasteiger partial charge in [-0.2, -0.15) is 0 Å². The molecular weight excluding hydrogens is 402 g/mol. The molecule has 0 radical (unpaired) electrons. The average molecular weight is 419 g/mol. The van der Waals surface area contributed by atoms with Crippen LogP contribution >= 0.6 is 0 Å². The summed E-state index contributed by atoms with van der Waals surface area (Å²) in [5.41, 5.74) is 1.64. The van der Waals surface area contributed by atoms with E-state index in [-0.39, 0.29) is 11.4 Å². The van der Waals surface area contributed by atoms with E-state index >= 15 is 0 Å². The molecule has 2 aromatic carbocycles. The molecule has 2 saturated heterocycles. The molecule has 0 aromatic heterocycles. The van der Waals surface area contributed by atoms with E-state index in [0.717, 1.165) is 16.0 Å². The van der Waals surface area contributed by atoms with Crippen LogP contribution in [0.1, 0.15) is 17.2 Å². The molecule has 3 heterocycles. The number of nitro groups is 1. The van der Waals surface area contributed by atoms with Gasteiger partial charge < -0.3 is 9.64 Å². The molecule has 0 spiro atoms. The number of ether oxygens (including phenoxy) is 1. The van der Waals surface area contributed by atoms with E-state index in [1.54, 1.807) is 11.1 Å². The fourth-order valence-electron chi connectivity index (χ4n) is 4.95. The lowest BCUT2D eigenvalue weighted by Gasteiger charge is -2.34. The number of carbonyl (C=O) groups excluding carboxylic acids is 3. The predicted octanol–water partition coefficient (Wildman–Crippen LogP) is 2.28. The average Bonchev–Trinajstić information content (AvgIpc) is 3.26. The van der Waals surface area contributed by atoms with Gasteiger partial charge in [0.05, 0.1) is 35.6 Å². The highest BCUT2D eigenvalue weighted by Crippen LogP contribution is 2.53. The molecule has 9 heteroatoms. The second-order valence-electron chi connectivity index (χ2n) is 7.65. The molecule has 0 saturated carbocycles. The maximum atomic E-state index is 13.5. The van der Waals surface area contributed by atoms with Crippen LogP contribution in [0.25, 0.3) is 6.08 Å². The number of rotatable bonds is 3. The number of fused-ring (bicyclic) bond motifs is 5. The van der Waals surface area contributed by atoms with Crippen LogP contribution in [0.5, 0.6) is 0 Å². The van der Waals surface area contributed by atoms with Gasteiger partial charge in [0.2, 0.25) is 11.8 Å². The molecule has 0 N–H and O–H groups in total. The normalized spacial score (nSPS) is 25.8. The highest BCUT2D eigenvalue weighted by Gasteiger charge is 2.65. The summed E-state index contributed by atoms with van der Waals surface area (Å²) in [4.78, 5) is 53.0. The number of imide groups is 1. The molecule has 0 aliphatic carbocycles. The van der Waals surface area contributed by atoms with Crippen molar-refractivity contribution in [2.75, 3.05) is 12.0 Å². The summed E-state index contributed by atoms with van der Waals surface area (Å²) in [6, 6.07) is 11.4. The van der Waals surface area contributed by atoms with Crippen molar-refractivity contribution in [2.24, 2.45) is 11.8 Å². The molecule has 4 atom stereocenters. The van der Waals surface area contributed by atoms with E-state index in [1.165, 1.54) is 31.4 Å². The summed E-state index contributed by atoms with van der Waals surface area (Å²) in [5.74, 6) is -3.43. The lowest BCUT2D eigenvalue weighted by molar-refractivity contribution is -0.384. The first-order valence-corrected chi connectivity index (χ1v) is 9.68. The first kappa shape index (κ1) is 19.0.